The van der Waals surface area contributed by atoms with Crippen molar-refractivity contribution in [3.8, 4) is 5.75 Å². The topological polar surface area (TPSA) is 95.6 Å². The summed E-state index contributed by atoms with van der Waals surface area (Å²) in [6.45, 7) is 3.61. The Balaban J connectivity index is 1.26. The largest absolute Gasteiger partial charge is 0.494 e. The van der Waals surface area contributed by atoms with Gasteiger partial charge in [0, 0.05) is 55.4 Å². The number of fused-ring (bicyclic) bond motifs is 1. The number of hydrogen-bond donors (Lipinski definition) is 1. The number of nitrogens with one attached hydrogen (secondary N) is 1. The molecule has 32 heavy (non-hydrogen) atoms. The third-order valence-corrected chi connectivity index (χ3v) is 7.92. The van der Waals surface area contributed by atoms with E-state index in [1.54, 1.807) is 35.4 Å². The highest BCUT2D eigenvalue weighted by Gasteiger charge is 2.31. The van der Waals surface area contributed by atoms with Crippen molar-refractivity contribution in [2.75, 3.05) is 32.8 Å². The molecule has 0 radical (unpaired) electrons. The lowest BCUT2D eigenvalue weighted by Gasteiger charge is -2.34. The van der Waals surface area contributed by atoms with Crippen molar-refractivity contribution in [2.24, 2.45) is 0 Å². The van der Waals surface area contributed by atoms with Crippen LogP contribution in [0.4, 0.5) is 0 Å². The van der Waals surface area contributed by atoms with Gasteiger partial charge in [-0.1, -0.05) is 11.6 Å². The molecule has 170 valence electrons. The molecule has 1 N–H and O–H groups in total. The van der Waals surface area contributed by atoms with Crippen LogP contribution in [0.25, 0.3) is 11.0 Å². The SMILES string of the molecule is Cc1cc(OCCCC(=O)N2CCN(S(=O)(=O)c3c[nH]c4ncccc34)CC2)ccc1Cl. The van der Waals surface area contributed by atoms with Crippen LogP contribution in [0.2, 0.25) is 5.02 Å². The average Bonchev–Trinajstić information content (AvgIpc) is 3.24. The molecule has 3 heterocycles. The number of sulfonamides is 1. The fraction of sp³-hybridized carbons (Fsp3) is 0.364. The molecule has 4 rings (SSSR count). The second kappa shape index (κ2) is 9.48. The van der Waals surface area contributed by atoms with E-state index in [0.29, 0.717) is 48.6 Å². The molecule has 1 aliphatic rings. The van der Waals surface area contributed by atoms with Crippen LogP contribution in [0.15, 0.2) is 47.6 Å². The molecule has 3 aromatic rings. The summed E-state index contributed by atoms with van der Waals surface area (Å²) < 4.78 is 33.3. The molecule has 0 atom stereocenters. The summed E-state index contributed by atoms with van der Waals surface area (Å²) in [5.74, 6) is 0.736. The van der Waals surface area contributed by atoms with Crippen molar-refractivity contribution >= 4 is 38.6 Å². The first kappa shape index (κ1) is 22.6. The lowest BCUT2D eigenvalue weighted by Crippen LogP contribution is -2.50. The summed E-state index contributed by atoms with van der Waals surface area (Å²) in [5.41, 5.74) is 1.48. The number of aryl methyl sites for hydroxylation is 1. The second-order valence-corrected chi connectivity index (χ2v) is 10.0. The summed E-state index contributed by atoms with van der Waals surface area (Å²) in [6, 6.07) is 8.91. The summed E-state index contributed by atoms with van der Waals surface area (Å²) in [5, 5.41) is 1.26. The zero-order valence-corrected chi connectivity index (χ0v) is 19.3. The zero-order valence-electron chi connectivity index (χ0n) is 17.8. The van der Waals surface area contributed by atoms with E-state index in [9.17, 15) is 13.2 Å². The molecule has 1 fully saturated rings. The molecule has 1 amide bonds. The molecule has 0 spiro atoms. The molecule has 1 aliphatic heterocycles. The van der Waals surface area contributed by atoms with E-state index in [-0.39, 0.29) is 23.9 Å². The third kappa shape index (κ3) is 4.74. The molecule has 2 aromatic heterocycles. The smallest absolute Gasteiger partial charge is 0.245 e. The van der Waals surface area contributed by atoms with E-state index in [2.05, 4.69) is 9.97 Å². The lowest BCUT2D eigenvalue weighted by molar-refractivity contribution is -0.132. The van der Waals surface area contributed by atoms with Gasteiger partial charge in [0.1, 0.15) is 16.3 Å². The quantitative estimate of drug-likeness (QED) is 0.528. The van der Waals surface area contributed by atoms with Gasteiger partial charge in [0.15, 0.2) is 0 Å². The van der Waals surface area contributed by atoms with Crippen LogP contribution in [0.3, 0.4) is 0 Å². The normalized spacial score (nSPS) is 15.2. The van der Waals surface area contributed by atoms with Crippen LogP contribution in [0.1, 0.15) is 18.4 Å². The first-order chi connectivity index (χ1) is 15.4. The Kier molecular flexibility index (Phi) is 6.68. The van der Waals surface area contributed by atoms with Crippen molar-refractivity contribution in [3.63, 3.8) is 0 Å². The number of H-pyrrole nitrogens is 1. The van der Waals surface area contributed by atoms with Crippen LogP contribution >= 0.6 is 11.6 Å². The third-order valence-electron chi connectivity index (χ3n) is 5.56. The van der Waals surface area contributed by atoms with Gasteiger partial charge < -0.3 is 14.6 Å². The summed E-state index contributed by atoms with van der Waals surface area (Å²) in [7, 11) is -3.66. The predicted molar refractivity (Wildman–Crippen MR) is 122 cm³/mol. The summed E-state index contributed by atoms with van der Waals surface area (Å²) in [6.07, 6.45) is 4.03. The number of hydrogen-bond acceptors (Lipinski definition) is 5. The molecule has 0 unspecified atom stereocenters. The molecule has 0 aliphatic carbocycles. The van der Waals surface area contributed by atoms with E-state index in [1.165, 1.54) is 10.5 Å². The van der Waals surface area contributed by atoms with E-state index >= 15 is 0 Å². The van der Waals surface area contributed by atoms with Gasteiger partial charge in [0.2, 0.25) is 15.9 Å². The highest BCUT2D eigenvalue weighted by Crippen LogP contribution is 2.25. The van der Waals surface area contributed by atoms with Crippen LogP contribution in [0, 0.1) is 6.92 Å². The number of aromatic nitrogens is 2. The molecular weight excluding hydrogens is 452 g/mol. The van der Waals surface area contributed by atoms with Gasteiger partial charge in [0.25, 0.3) is 0 Å². The van der Waals surface area contributed by atoms with Crippen LogP contribution in [0.5, 0.6) is 5.75 Å². The van der Waals surface area contributed by atoms with Crippen molar-refractivity contribution in [2.45, 2.75) is 24.7 Å². The standard InChI is InChI=1S/C22H25ClN4O4S/c1-16-14-17(6-7-19(16)23)31-13-3-5-21(28)26-9-11-27(12-10-26)32(29,30)20-15-25-22-18(20)4-2-8-24-22/h2,4,6-8,14-15H,3,5,9-13H2,1H3,(H,24,25). The predicted octanol–water partition coefficient (Wildman–Crippen LogP) is 3.22. The van der Waals surface area contributed by atoms with Crippen molar-refractivity contribution < 1.29 is 17.9 Å². The van der Waals surface area contributed by atoms with Gasteiger partial charge in [-0.05, 0) is 49.2 Å². The maximum absolute atomic E-state index is 13.1. The molecule has 1 saturated heterocycles. The van der Waals surface area contributed by atoms with Crippen molar-refractivity contribution in [1.82, 2.24) is 19.2 Å². The molecule has 0 bridgehead atoms. The van der Waals surface area contributed by atoms with E-state index in [1.807, 2.05) is 13.0 Å². The number of carbonyl (C=O) groups excluding carboxylic acids is 1. The summed E-state index contributed by atoms with van der Waals surface area (Å²) in [4.78, 5) is 21.5. The number of pyridine rings is 1. The highest BCUT2D eigenvalue weighted by molar-refractivity contribution is 7.89. The Morgan fingerprint density at radius 2 is 2.00 bits per heavy atom. The molecule has 1 aromatic carbocycles. The monoisotopic (exact) mass is 476 g/mol. The second-order valence-electron chi connectivity index (χ2n) is 7.70. The van der Waals surface area contributed by atoms with Crippen molar-refractivity contribution in [1.29, 1.82) is 0 Å². The van der Waals surface area contributed by atoms with Gasteiger partial charge in [-0.2, -0.15) is 4.31 Å². The Morgan fingerprint density at radius 3 is 2.75 bits per heavy atom. The number of piperazine rings is 1. The number of aromatic amines is 1. The molecular formula is C22H25ClN4O4S. The minimum absolute atomic E-state index is 0.00855. The van der Waals surface area contributed by atoms with Crippen molar-refractivity contribution in [3.05, 3.63) is 53.3 Å². The van der Waals surface area contributed by atoms with Gasteiger partial charge in [-0.25, -0.2) is 13.4 Å². The Hall–Kier alpha value is -2.62. The summed E-state index contributed by atoms with van der Waals surface area (Å²) >= 11 is 6.01. The van der Waals surface area contributed by atoms with E-state index in [4.69, 9.17) is 16.3 Å². The minimum Gasteiger partial charge on any atom is -0.494 e. The number of nitrogens with zero attached hydrogens (tertiary/aromatic N) is 3. The van der Waals surface area contributed by atoms with Gasteiger partial charge in [-0.3, -0.25) is 4.79 Å². The fourth-order valence-corrected chi connectivity index (χ4v) is 5.43. The average molecular weight is 477 g/mol. The number of halogens is 1. The first-order valence-corrected chi connectivity index (χ1v) is 12.3. The molecule has 0 saturated carbocycles. The number of carbonyl (C=O) groups is 1. The maximum atomic E-state index is 13.1. The molecule has 8 nitrogen and oxygen atoms in total. The maximum Gasteiger partial charge on any atom is 0.245 e. The number of amides is 1. The number of benzene rings is 1. The Bertz CT molecular complexity index is 1220. The highest BCUT2D eigenvalue weighted by atomic mass is 35.5. The number of ether oxygens (including phenoxy) is 1. The van der Waals surface area contributed by atoms with E-state index in [0.717, 1.165) is 11.3 Å². The molecule has 10 heteroatoms. The Labute approximate surface area is 192 Å². The van der Waals surface area contributed by atoms with Crippen LogP contribution in [-0.4, -0.2) is 66.3 Å². The van der Waals surface area contributed by atoms with Gasteiger partial charge in [-0.15, -0.1) is 0 Å². The van der Waals surface area contributed by atoms with Crippen LogP contribution in [-0.2, 0) is 14.8 Å². The number of rotatable bonds is 7. The zero-order chi connectivity index (χ0) is 22.7. The first-order valence-electron chi connectivity index (χ1n) is 10.5. The van der Waals surface area contributed by atoms with E-state index < -0.39 is 10.0 Å². The minimum atomic E-state index is -3.66. The fourth-order valence-electron chi connectivity index (χ4n) is 3.74. The van der Waals surface area contributed by atoms with Crippen LogP contribution < -0.4 is 4.74 Å². The lowest BCUT2D eigenvalue weighted by atomic mass is 10.2. The van der Waals surface area contributed by atoms with Gasteiger partial charge >= 0.3 is 0 Å². The van der Waals surface area contributed by atoms with Gasteiger partial charge in [0.05, 0.1) is 6.61 Å². The Morgan fingerprint density at radius 1 is 1.22 bits per heavy atom.